The van der Waals surface area contributed by atoms with E-state index < -0.39 is 0 Å². The predicted molar refractivity (Wildman–Crippen MR) is 116 cm³/mol. The van der Waals surface area contributed by atoms with E-state index in [2.05, 4.69) is 10.2 Å². The quantitative estimate of drug-likeness (QED) is 0.443. The SMILES string of the molecule is O=C(CSc1nnc(-c2ccoc2)c(-c2ccoc2)n1)CC12CC3CC(CC(C3)C1)C2. The van der Waals surface area contributed by atoms with Crippen LogP contribution < -0.4 is 0 Å². The molecule has 3 heterocycles. The van der Waals surface area contributed by atoms with Gasteiger partial charge in [-0.15, -0.1) is 10.2 Å². The maximum Gasteiger partial charge on any atom is 0.210 e. The second kappa shape index (κ2) is 7.62. The van der Waals surface area contributed by atoms with Crippen LogP contribution in [0.1, 0.15) is 44.9 Å². The molecule has 4 aliphatic rings. The zero-order chi connectivity index (χ0) is 20.8. The van der Waals surface area contributed by atoms with Gasteiger partial charge in [-0.25, -0.2) is 4.98 Å². The molecule has 3 aromatic heterocycles. The number of carbonyl (C=O) groups excluding carboxylic acids is 1. The van der Waals surface area contributed by atoms with Crippen LogP contribution in [0.3, 0.4) is 0 Å². The second-order valence-corrected chi connectivity index (χ2v) is 10.7. The molecular weight excluding hydrogens is 410 g/mol. The molecule has 0 atom stereocenters. The lowest BCUT2D eigenvalue weighted by Gasteiger charge is -2.56. The monoisotopic (exact) mass is 435 g/mol. The highest BCUT2D eigenvalue weighted by Gasteiger charge is 2.51. The van der Waals surface area contributed by atoms with Crippen LogP contribution in [0, 0.1) is 23.2 Å². The summed E-state index contributed by atoms with van der Waals surface area (Å²) in [5.74, 6) is 3.32. The third kappa shape index (κ3) is 3.73. The van der Waals surface area contributed by atoms with Crippen LogP contribution in [0.4, 0.5) is 0 Å². The van der Waals surface area contributed by atoms with Crippen molar-refractivity contribution in [3.05, 3.63) is 37.2 Å². The maximum absolute atomic E-state index is 12.9. The summed E-state index contributed by atoms with van der Waals surface area (Å²) in [5.41, 5.74) is 3.23. The van der Waals surface area contributed by atoms with Crippen molar-refractivity contribution in [3.8, 4) is 22.5 Å². The Morgan fingerprint density at radius 2 is 1.55 bits per heavy atom. The van der Waals surface area contributed by atoms with E-state index >= 15 is 0 Å². The predicted octanol–water partition coefficient (Wildman–Crippen LogP) is 5.66. The Balaban J connectivity index is 1.17. The fourth-order valence-electron chi connectivity index (χ4n) is 6.69. The standard InChI is InChI=1S/C24H25N3O3S/c28-20(11-24-8-15-5-16(9-24)7-17(6-15)10-24)14-31-23-25-21(18-1-3-29-12-18)22(26-27-23)19-2-4-30-13-19/h1-4,12-13,15-17H,5-11,14H2. The Morgan fingerprint density at radius 1 is 0.935 bits per heavy atom. The van der Waals surface area contributed by atoms with Crippen molar-refractivity contribution < 1.29 is 13.6 Å². The molecule has 6 nitrogen and oxygen atoms in total. The molecular formula is C24H25N3O3S. The van der Waals surface area contributed by atoms with Gasteiger partial charge in [-0.1, -0.05) is 11.8 Å². The molecule has 0 unspecified atom stereocenters. The topological polar surface area (TPSA) is 82.0 Å². The van der Waals surface area contributed by atoms with Crippen molar-refractivity contribution in [2.75, 3.05) is 5.75 Å². The van der Waals surface area contributed by atoms with Crippen LogP contribution in [0.2, 0.25) is 0 Å². The number of hydrogen-bond donors (Lipinski definition) is 0. The van der Waals surface area contributed by atoms with E-state index in [-0.39, 0.29) is 5.41 Å². The first kappa shape index (κ1) is 19.3. The lowest BCUT2D eigenvalue weighted by molar-refractivity contribution is -0.124. The summed E-state index contributed by atoms with van der Waals surface area (Å²) in [4.78, 5) is 17.6. The molecule has 0 aromatic carbocycles. The Bertz CT molecular complexity index is 1040. The van der Waals surface area contributed by atoms with E-state index in [0.717, 1.165) is 35.3 Å². The van der Waals surface area contributed by atoms with Crippen molar-refractivity contribution >= 4 is 17.5 Å². The Hall–Kier alpha value is -2.41. The van der Waals surface area contributed by atoms with E-state index in [1.54, 1.807) is 25.1 Å². The molecule has 4 fully saturated rings. The number of furan rings is 2. The van der Waals surface area contributed by atoms with Gasteiger partial charge in [-0.3, -0.25) is 4.79 Å². The highest BCUT2D eigenvalue weighted by atomic mass is 32.2. The molecule has 4 aliphatic carbocycles. The lowest BCUT2D eigenvalue weighted by Crippen LogP contribution is -2.47. The van der Waals surface area contributed by atoms with Crippen LogP contribution in [-0.2, 0) is 4.79 Å². The lowest BCUT2D eigenvalue weighted by atomic mass is 9.48. The minimum Gasteiger partial charge on any atom is -0.472 e. The highest BCUT2D eigenvalue weighted by molar-refractivity contribution is 7.99. The minimum absolute atomic E-state index is 0.276. The van der Waals surface area contributed by atoms with Crippen molar-refractivity contribution in [2.45, 2.75) is 50.1 Å². The molecule has 4 saturated carbocycles. The van der Waals surface area contributed by atoms with Crippen molar-refractivity contribution in [1.82, 2.24) is 15.2 Å². The molecule has 0 saturated heterocycles. The molecule has 0 N–H and O–H groups in total. The van der Waals surface area contributed by atoms with Crippen LogP contribution in [0.5, 0.6) is 0 Å². The zero-order valence-corrected chi connectivity index (χ0v) is 18.1. The summed E-state index contributed by atoms with van der Waals surface area (Å²) >= 11 is 1.39. The Kier molecular flexibility index (Phi) is 4.74. The molecule has 0 amide bonds. The number of Topliss-reactive ketones (excluding diaryl/α,β-unsaturated/α-hetero) is 1. The van der Waals surface area contributed by atoms with E-state index in [9.17, 15) is 4.79 Å². The number of rotatable bonds is 7. The van der Waals surface area contributed by atoms with Gasteiger partial charge in [0.15, 0.2) is 0 Å². The summed E-state index contributed by atoms with van der Waals surface area (Å²) < 4.78 is 10.4. The fraction of sp³-hybridized carbons (Fsp3) is 0.500. The molecule has 0 spiro atoms. The van der Waals surface area contributed by atoms with Gasteiger partial charge >= 0.3 is 0 Å². The molecule has 3 aromatic rings. The summed E-state index contributed by atoms with van der Waals surface area (Å²) in [5, 5.41) is 9.19. The summed E-state index contributed by atoms with van der Waals surface area (Å²) in [7, 11) is 0. The van der Waals surface area contributed by atoms with Crippen molar-refractivity contribution in [1.29, 1.82) is 0 Å². The smallest absolute Gasteiger partial charge is 0.210 e. The number of ketones is 1. The van der Waals surface area contributed by atoms with Gasteiger partial charge in [0.1, 0.15) is 17.2 Å². The average molecular weight is 436 g/mol. The summed E-state index contributed by atoms with van der Waals surface area (Å²) in [6, 6.07) is 3.68. The van der Waals surface area contributed by atoms with E-state index in [1.807, 2.05) is 12.1 Å². The highest BCUT2D eigenvalue weighted by Crippen LogP contribution is 2.61. The first-order chi connectivity index (χ1) is 15.2. The number of nitrogens with zero attached hydrogens (tertiary/aromatic N) is 3. The average Bonchev–Trinajstić information content (AvgIpc) is 3.45. The van der Waals surface area contributed by atoms with Gasteiger partial charge in [0.05, 0.1) is 30.8 Å². The van der Waals surface area contributed by atoms with E-state index in [1.165, 1.54) is 50.3 Å². The van der Waals surface area contributed by atoms with Gasteiger partial charge in [0, 0.05) is 17.5 Å². The molecule has 0 aliphatic heterocycles. The molecule has 4 bridgehead atoms. The van der Waals surface area contributed by atoms with Gasteiger partial charge in [-0.05, 0) is 73.8 Å². The zero-order valence-electron chi connectivity index (χ0n) is 17.3. The molecule has 0 radical (unpaired) electrons. The first-order valence-electron chi connectivity index (χ1n) is 11.1. The van der Waals surface area contributed by atoms with Gasteiger partial charge in [0.2, 0.25) is 5.16 Å². The summed E-state index contributed by atoms with van der Waals surface area (Å²) in [6.07, 6.45) is 15.2. The van der Waals surface area contributed by atoms with Crippen LogP contribution in [-0.4, -0.2) is 26.7 Å². The van der Waals surface area contributed by atoms with E-state index in [0.29, 0.717) is 28.1 Å². The van der Waals surface area contributed by atoms with Crippen molar-refractivity contribution in [2.24, 2.45) is 23.2 Å². The third-order valence-electron chi connectivity index (χ3n) is 7.36. The van der Waals surface area contributed by atoms with Crippen LogP contribution >= 0.6 is 11.8 Å². The summed E-state index contributed by atoms with van der Waals surface area (Å²) in [6.45, 7) is 0. The fourth-order valence-corrected chi connectivity index (χ4v) is 7.33. The third-order valence-corrected chi connectivity index (χ3v) is 8.25. The molecule has 160 valence electrons. The molecule has 31 heavy (non-hydrogen) atoms. The van der Waals surface area contributed by atoms with Gasteiger partial charge in [0.25, 0.3) is 0 Å². The largest absolute Gasteiger partial charge is 0.472 e. The number of carbonyl (C=O) groups is 1. The number of thioether (sulfide) groups is 1. The Morgan fingerprint density at radius 3 is 2.13 bits per heavy atom. The van der Waals surface area contributed by atoms with Gasteiger partial charge < -0.3 is 8.83 Å². The first-order valence-corrected chi connectivity index (χ1v) is 12.1. The minimum atomic E-state index is 0.276. The maximum atomic E-state index is 12.9. The van der Waals surface area contributed by atoms with Crippen LogP contribution in [0.15, 0.2) is 51.2 Å². The molecule has 7 heteroatoms. The molecule has 7 rings (SSSR count). The van der Waals surface area contributed by atoms with Gasteiger partial charge in [-0.2, -0.15) is 0 Å². The number of hydrogen-bond acceptors (Lipinski definition) is 7. The van der Waals surface area contributed by atoms with E-state index in [4.69, 9.17) is 13.8 Å². The second-order valence-electron chi connectivity index (χ2n) is 9.74. The number of aromatic nitrogens is 3. The Labute approximate surface area is 185 Å². The van der Waals surface area contributed by atoms with Crippen LogP contribution in [0.25, 0.3) is 22.5 Å². The normalized spacial score (nSPS) is 28.8. The van der Waals surface area contributed by atoms with Crippen molar-refractivity contribution in [3.63, 3.8) is 0 Å².